The van der Waals surface area contributed by atoms with Crippen LogP contribution in [0.2, 0.25) is 0 Å². The van der Waals surface area contributed by atoms with Gasteiger partial charge in [0.15, 0.2) is 26.3 Å². The predicted molar refractivity (Wildman–Crippen MR) is 112 cm³/mol. The zero-order chi connectivity index (χ0) is 22.5. The van der Waals surface area contributed by atoms with Crippen LogP contribution in [0.3, 0.4) is 0 Å². The molecule has 0 radical (unpaired) electrons. The van der Waals surface area contributed by atoms with Crippen molar-refractivity contribution in [2.45, 2.75) is 57.0 Å². The second kappa shape index (κ2) is 9.91. The number of nitrogens with zero attached hydrogens (tertiary/aromatic N) is 1. The molecule has 0 aliphatic carbocycles. The lowest BCUT2D eigenvalue weighted by Crippen LogP contribution is -2.48. The van der Waals surface area contributed by atoms with Crippen molar-refractivity contribution in [2.75, 3.05) is 23.9 Å². The molecular formula is C20H29NO7S2. The zero-order valence-electron chi connectivity index (χ0n) is 17.5. The lowest BCUT2D eigenvalue weighted by atomic mass is 10.1. The summed E-state index contributed by atoms with van der Waals surface area (Å²) in [4.78, 5) is 26.3. The van der Waals surface area contributed by atoms with Crippen molar-refractivity contribution in [3.8, 4) is 0 Å². The third kappa shape index (κ3) is 6.53. The Balaban J connectivity index is 1.92. The highest BCUT2D eigenvalue weighted by Crippen LogP contribution is 2.21. The molecule has 1 saturated heterocycles. The van der Waals surface area contributed by atoms with Crippen molar-refractivity contribution in [1.82, 2.24) is 4.90 Å². The Bertz CT molecular complexity index is 969. The molecule has 1 aromatic carbocycles. The van der Waals surface area contributed by atoms with E-state index in [1.165, 1.54) is 17.0 Å². The minimum Gasteiger partial charge on any atom is -0.456 e. The molecular weight excluding hydrogens is 430 g/mol. The molecule has 0 N–H and O–H groups in total. The topological polar surface area (TPSA) is 115 Å². The van der Waals surface area contributed by atoms with Gasteiger partial charge in [-0.05, 0) is 38.8 Å². The van der Waals surface area contributed by atoms with Crippen LogP contribution in [0.4, 0.5) is 0 Å². The first kappa shape index (κ1) is 24.3. The molecule has 1 aliphatic heterocycles. The summed E-state index contributed by atoms with van der Waals surface area (Å²) in [6, 6.07) is 5.69. The number of ether oxygens (including phenoxy) is 1. The summed E-state index contributed by atoms with van der Waals surface area (Å²) in [5.41, 5.74) is 0.924. The quantitative estimate of drug-likeness (QED) is 0.514. The molecule has 30 heavy (non-hydrogen) atoms. The summed E-state index contributed by atoms with van der Waals surface area (Å²) >= 11 is 0. The molecule has 8 nitrogen and oxygen atoms in total. The van der Waals surface area contributed by atoms with Crippen molar-refractivity contribution in [3.63, 3.8) is 0 Å². The molecule has 2 atom stereocenters. The second-order valence-corrected chi connectivity index (χ2v) is 12.0. The molecule has 1 heterocycles. The van der Waals surface area contributed by atoms with Gasteiger partial charge < -0.3 is 9.64 Å². The Morgan fingerprint density at radius 2 is 1.87 bits per heavy atom. The molecule has 0 aromatic heterocycles. The molecule has 1 aliphatic rings. The number of rotatable bonds is 9. The van der Waals surface area contributed by atoms with Crippen LogP contribution in [0, 0.1) is 6.92 Å². The van der Waals surface area contributed by atoms with Crippen LogP contribution in [0.1, 0.15) is 38.7 Å². The molecule has 0 saturated carbocycles. The third-order valence-corrected chi connectivity index (χ3v) is 8.75. The second-order valence-electron chi connectivity index (χ2n) is 7.66. The van der Waals surface area contributed by atoms with Crippen molar-refractivity contribution in [1.29, 1.82) is 0 Å². The number of sulfone groups is 2. The van der Waals surface area contributed by atoms with Gasteiger partial charge in [0.1, 0.15) is 0 Å². The molecule has 0 bridgehead atoms. The highest BCUT2D eigenvalue weighted by atomic mass is 32.2. The van der Waals surface area contributed by atoms with Crippen LogP contribution in [-0.4, -0.2) is 69.6 Å². The zero-order valence-corrected chi connectivity index (χ0v) is 19.2. The molecule has 1 aromatic rings. The summed E-state index contributed by atoms with van der Waals surface area (Å²) < 4.78 is 53.2. The number of esters is 1. The van der Waals surface area contributed by atoms with Crippen LogP contribution in [0.15, 0.2) is 29.2 Å². The Labute approximate surface area is 178 Å². The smallest absolute Gasteiger partial charge is 0.307 e. The maximum atomic E-state index is 12.6. The summed E-state index contributed by atoms with van der Waals surface area (Å²) in [5.74, 6) is -1.73. The van der Waals surface area contributed by atoms with Gasteiger partial charge in [0, 0.05) is 12.1 Å². The van der Waals surface area contributed by atoms with Gasteiger partial charge in [-0.25, -0.2) is 16.8 Å². The van der Waals surface area contributed by atoms with Crippen molar-refractivity contribution < 1.29 is 31.2 Å². The summed E-state index contributed by atoms with van der Waals surface area (Å²) in [7, 11) is -6.80. The lowest BCUT2D eigenvalue weighted by Gasteiger charge is -2.33. The first-order valence-corrected chi connectivity index (χ1v) is 13.4. The van der Waals surface area contributed by atoms with Crippen LogP contribution in [0.25, 0.3) is 0 Å². The van der Waals surface area contributed by atoms with Crippen molar-refractivity contribution in [2.24, 2.45) is 0 Å². The van der Waals surface area contributed by atoms with Crippen molar-refractivity contribution in [3.05, 3.63) is 29.8 Å². The van der Waals surface area contributed by atoms with E-state index in [-0.39, 0.29) is 28.9 Å². The molecule has 0 spiro atoms. The number of amides is 1. The fraction of sp³-hybridized carbons (Fsp3) is 0.600. The summed E-state index contributed by atoms with van der Waals surface area (Å²) in [6.07, 6.45) is 0.622. The van der Waals surface area contributed by atoms with E-state index in [1.54, 1.807) is 12.1 Å². The van der Waals surface area contributed by atoms with Gasteiger partial charge in [-0.3, -0.25) is 9.59 Å². The van der Waals surface area contributed by atoms with Gasteiger partial charge >= 0.3 is 5.97 Å². The molecule has 168 valence electrons. The Morgan fingerprint density at radius 3 is 2.40 bits per heavy atom. The van der Waals surface area contributed by atoms with Crippen LogP contribution >= 0.6 is 0 Å². The lowest BCUT2D eigenvalue weighted by molar-refractivity contribution is -0.153. The molecule has 1 fully saturated rings. The fourth-order valence-corrected chi connectivity index (χ4v) is 6.30. The molecule has 0 unspecified atom stereocenters. The van der Waals surface area contributed by atoms with E-state index in [0.29, 0.717) is 12.8 Å². The van der Waals surface area contributed by atoms with E-state index in [2.05, 4.69) is 0 Å². The third-order valence-electron chi connectivity index (χ3n) is 5.27. The standard InChI is InChI=1S/C20H29NO7S2/c1-4-16(3)21(17-9-11-29(24,25)14-17)19(22)13-28-20(23)10-12-30(26,27)18-7-5-15(2)6-8-18/h5-8,16-17H,4,9-14H2,1-3H3/t16-,17+/m1/s1. The van der Waals surface area contributed by atoms with Crippen LogP contribution < -0.4 is 0 Å². The highest BCUT2D eigenvalue weighted by Gasteiger charge is 2.36. The van der Waals surface area contributed by atoms with Gasteiger partial charge in [-0.15, -0.1) is 0 Å². The van der Waals surface area contributed by atoms with Gasteiger partial charge in [-0.2, -0.15) is 0 Å². The van der Waals surface area contributed by atoms with Crippen molar-refractivity contribution >= 4 is 31.6 Å². The van der Waals surface area contributed by atoms with E-state index in [0.717, 1.165) is 5.56 Å². The predicted octanol–water partition coefficient (Wildman–Crippen LogP) is 1.52. The number of hydrogen-bond donors (Lipinski definition) is 0. The number of hydrogen-bond acceptors (Lipinski definition) is 7. The van der Waals surface area contributed by atoms with Gasteiger partial charge in [0.25, 0.3) is 5.91 Å². The van der Waals surface area contributed by atoms with E-state index in [4.69, 9.17) is 4.74 Å². The summed E-state index contributed by atoms with van der Waals surface area (Å²) in [5, 5.41) is 0. The minimum absolute atomic E-state index is 0.0362. The fourth-order valence-electron chi connectivity index (χ4n) is 3.37. The maximum absolute atomic E-state index is 12.6. The van der Waals surface area contributed by atoms with E-state index in [9.17, 15) is 26.4 Å². The SMILES string of the molecule is CC[C@@H](C)N(C(=O)COC(=O)CCS(=O)(=O)c1ccc(C)cc1)[C@H]1CCS(=O)(=O)C1. The Morgan fingerprint density at radius 1 is 1.23 bits per heavy atom. The largest absolute Gasteiger partial charge is 0.456 e. The minimum atomic E-state index is -3.63. The number of aryl methyl sites for hydroxylation is 1. The monoisotopic (exact) mass is 459 g/mol. The average Bonchev–Trinajstić information content (AvgIpc) is 3.04. The van der Waals surface area contributed by atoms with Gasteiger partial charge in [0.05, 0.1) is 28.6 Å². The van der Waals surface area contributed by atoms with Crippen LogP contribution in [0.5, 0.6) is 0 Å². The van der Waals surface area contributed by atoms with Gasteiger partial charge in [0.2, 0.25) is 0 Å². The Hall–Kier alpha value is -1.94. The van der Waals surface area contributed by atoms with E-state index in [1.807, 2.05) is 20.8 Å². The number of carbonyl (C=O) groups is 2. The molecule has 2 rings (SSSR count). The van der Waals surface area contributed by atoms with Crippen LogP contribution in [-0.2, 0) is 34.0 Å². The normalized spacial score (nSPS) is 19.2. The first-order chi connectivity index (χ1) is 13.9. The highest BCUT2D eigenvalue weighted by molar-refractivity contribution is 7.91. The number of benzene rings is 1. The first-order valence-electron chi connectivity index (χ1n) is 9.92. The average molecular weight is 460 g/mol. The molecule has 1 amide bonds. The maximum Gasteiger partial charge on any atom is 0.307 e. The number of carbonyl (C=O) groups excluding carboxylic acids is 2. The Kier molecular flexibility index (Phi) is 8.04. The van der Waals surface area contributed by atoms with E-state index >= 15 is 0 Å². The molecule has 10 heteroatoms. The van der Waals surface area contributed by atoms with E-state index < -0.39 is 50.0 Å². The van der Waals surface area contributed by atoms with Gasteiger partial charge in [-0.1, -0.05) is 24.6 Å². The summed E-state index contributed by atoms with van der Waals surface area (Å²) in [6.45, 7) is 5.01.